The molecule has 0 spiro atoms. The molecular formula is C36H34N6O3. The fourth-order valence-corrected chi connectivity index (χ4v) is 6.92. The first-order valence-electron chi connectivity index (χ1n) is 15.2. The van der Waals surface area contributed by atoms with Crippen LogP contribution in [0.3, 0.4) is 0 Å². The Hall–Kier alpha value is -5.28. The van der Waals surface area contributed by atoms with E-state index in [-0.39, 0.29) is 35.6 Å². The van der Waals surface area contributed by atoms with E-state index in [1.54, 1.807) is 6.08 Å². The monoisotopic (exact) mass is 598 g/mol. The summed E-state index contributed by atoms with van der Waals surface area (Å²) in [5.74, 6) is -0.0522. The van der Waals surface area contributed by atoms with E-state index in [0.717, 1.165) is 74.1 Å². The molecule has 5 aliphatic heterocycles. The van der Waals surface area contributed by atoms with Gasteiger partial charge in [-0.3, -0.25) is 4.79 Å². The Bertz CT molecular complexity index is 1930. The standard InChI is InChI=1S/C36H34N6O3/c1-7-22-17(2)27-13-31-24(10-21(15-37)16-38)19(4)26(40-31)12-28-18(3)23(8-9-33(44)45-6)35(41-28)25-11-32(43)34-20(5)29(42-36(25)34)14-30(22)39-27/h10,12-14,18,23,41,43H,7-9,11H2,1-6H3/t18-,23-/m0/s1. The van der Waals surface area contributed by atoms with Gasteiger partial charge in [-0.1, -0.05) is 13.8 Å². The minimum atomic E-state index is -0.276. The van der Waals surface area contributed by atoms with Crippen molar-refractivity contribution in [1.29, 1.82) is 10.5 Å². The van der Waals surface area contributed by atoms with E-state index in [0.29, 0.717) is 29.8 Å². The van der Waals surface area contributed by atoms with Gasteiger partial charge in [-0.25, -0.2) is 15.0 Å². The normalized spacial score (nSPS) is 23.3. The largest absolute Gasteiger partial charge is 0.511 e. The van der Waals surface area contributed by atoms with Crippen molar-refractivity contribution in [3.63, 3.8) is 0 Å². The van der Waals surface area contributed by atoms with E-state index in [1.165, 1.54) is 7.11 Å². The van der Waals surface area contributed by atoms with Crippen LogP contribution >= 0.6 is 0 Å². The van der Waals surface area contributed by atoms with Gasteiger partial charge in [0.15, 0.2) is 0 Å². The minimum Gasteiger partial charge on any atom is -0.511 e. The quantitative estimate of drug-likeness (QED) is 0.270. The lowest BCUT2D eigenvalue weighted by molar-refractivity contribution is -0.140. The fourth-order valence-electron chi connectivity index (χ4n) is 6.92. The molecule has 9 nitrogen and oxygen atoms in total. The molecule has 8 bridgehead atoms. The molecule has 0 aromatic heterocycles. The number of ether oxygens (including phenoxy) is 1. The number of nitriles is 2. The van der Waals surface area contributed by atoms with Gasteiger partial charge in [-0.15, -0.1) is 0 Å². The van der Waals surface area contributed by atoms with Crippen molar-refractivity contribution < 1.29 is 14.6 Å². The van der Waals surface area contributed by atoms with Crippen molar-refractivity contribution >= 4 is 23.1 Å². The van der Waals surface area contributed by atoms with Gasteiger partial charge in [0.1, 0.15) is 23.5 Å². The Balaban J connectivity index is 1.61. The number of carbonyl (C=O) groups is 1. The van der Waals surface area contributed by atoms with Gasteiger partial charge >= 0.3 is 5.97 Å². The molecule has 0 aromatic carbocycles. The van der Waals surface area contributed by atoms with Crippen LogP contribution < -0.4 is 5.32 Å². The van der Waals surface area contributed by atoms with E-state index < -0.39 is 0 Å². The zero-order valence-corrected chi connectivity index (χ0v) is 26.3. The molecule has 45 heavy (non-hydrogen) atoms. The van der Waals surface area contributed by atoms with Gasteiger partial charge in [-0.2, -0.15) is 10.5 Å². The lowest BCUT2D eigenvalue weighted by atomic mass is 9.86. The van der Waals surface area contributed by atoms with Crippen molar-refractivity contribution in [3.8, 4) is 12.1 Å². The molecule has 0 aromatic rings. The SMILES string of the molecule is CCC1=C(C)C2=NC1=CC1=C(C)C3=C(O)CC(=C4NC(=CC5=NC(=C2)C(C=C(C#N)C#N)=C5C)[C@@H](C)[C@@H]4CCC(=O)OC)C3=N1. The fraction of sp³-hybridized carbons (Fsp3) is 0.333. The van der Waals surface area contributed by atoms with Gasteiger partial charge in [0.2, 0.25) is 0 Å². The molecule has 0 unspecified atom stereocenters. The van der Waals surface area contributed by atoms with Gasteiger partial charge in [0.05, 0.1) is 41.3 Å². The van der Waals surface area contributed by atoms with Crippen LogP contribution in [-0.4, -0.2) is 35.3 Å². The van der Waals surface area contributed by atoms with Crippen LogP contribution in [0.4, 0.5) is 0 Å². The van der Waals surface area contributed by atoms with Crippen molar-refractivity contribution in [2.45, 2.75) is 60.3 Å². The number of nitrogens with zero attached hydrogens (tertiary/aromatic N) is 5. The van der Waals surface area contributed by atoms with Crippen LogP contribution in [0.25, 0.3) is 0 Å². The second kappa shape index (κ2) is 11.3. The summed E-state index contributed by atoms with van der Waals surface area (Å²) in [6.45, 7) is 10.2. The number of nitrogens with one attached hydrogen (secondary N) is 1. The molecule has 1 saturated heterocycles. The third-order valence-corrected chi connectivity index (χ3v) is 9.52. The van der Waals surface area contributed by atoms with Crippen molar-refractivity contribution in [3.05, 3.63) is 103 Å². The summed E-state index contributed by atoms with van der Waals surface area (Å²) in [7, 11) is 1.39. The second-order valence-electron chi connectivity index (χ2n) is 11.9. The number of hydrogen-bond acceptors (Lipinski definition) is 9. The van der Waals surface area contributed by atoms with E-state index >= 15 is 0 Å². The first kappa shape index (κ1) is 29.8. The van der Waals surface area contributed by atoms with Crippen LogP contribution in [0, 0.1) is 34.5 Å². The molecule has 6 aliphatic rings. The summed E-state index contributed by atoms with van der Waals surface area (Å²) in [4.78, 5) is 27.3. The van der Waals surface area contributed by atoms with Crippen LogP contribution in [0.2, 0.25) is 0 Å². The Morgan fingerprint density at radius 1 is 1.07 bits per heavy atom. The summed E-state index contributed by atoms with van der Waals surface area (Å²) in [5, 5.41) is 34.0. The number of fused-ring (bicyclic) bond motifs is 5. The lowest BCUT2D eigenvalue weighted by Crippen LogP contribution is -2.16. The number of hydrogen-bond donors (Lipinski definition) is 2. The number of aliphatic hydroxyl groups is 1. The third kappa shape index (κ3) is 4.85. The van der Waals surface area contributed by atoms with E-state index in [9.17, 15) is 20.4 Å². The number of aliphatic imine (C=N–C) groups is 3. The molecule has 0 saturated carbocycles. The second-order valence-corrected chi connectivity index (χ2v) is 11.9. The predicted octanol–water partition coefficient (Wildman–Crippen LogP) is 6.58. The molecule has 6 rings (SSSR count). The van der Waals surface area contributed by atoms with Crippen molar-refractivity contribution in [2.75, 3.05) is 7.11 Å². The first-order valence-corrected chi connectivity index (χ1v) is 15.2. The average molecular weight is 599 g/mol. The van der Waals surface area contributed by atoms with E-state index in [1.807, 2.05) is 51.1 Å². The number of esters is 1. The zero-order valence-electron chi connectivity index (χ0n) is 26.3. The summed E-state index contributed by atoms with van der Waals surface area (Å²) in [6, 6.07) is 3.95. The van der Waals surface area contributed by atoms with Crippen LogP contribution in [0.1, 0.15) is 60.3 Å². The number of methoxy groups -OCH3 is 1. The van der Waals surface area contributed by atoms with E-state index in [2.05, 4.69) is 19.2 Å². The average Bonchev–Trinajstić information content (AvgIpc) is 3.77. The van der Waals surface area contributed by atoms with E-state index in [4.69, 9.17) is 19.7 Å². The van der Waals surface area contributed by atoms with Crippen LogP contribution in [0.5, 0.6) is 0 Å². The topological polar surface area (TPSA) is 143 Å². The Morgan fingerprint density at radius 2 is 1.78 bits per heavy atom. The van der Waals surface area contributed by atoms with Crippen LogP contribution in [-0.2, 0) is 9.53 Å². The molecular weight excluding hydrogens is 564 g/mol. The van der Waals surface area contributed by atoms with Crippen molar-refractivity contribution in [1.82, 2.24) is 5.32 Å². The minimum absolute atomic E-state index is 0.00865. The predicted molar refractivity (Wildman–Crippen MR) is 173 cm³/mol. The summed E-state index contributed by atoms with van der Waals surface area (Å²) < 4.78 is 4.97. The maximum Gasteiger partial charge on any atom is 0.305 e. The van der Waals surface area contributed by atoms with Crippen molar-refractivity contribution in [2.24, 2.45) is 26.8 Å². The highest BCUT2D eigenvalue weighted by atomic mass is 16.5. The molecule has 1 aliphatic carbocycles. The first-order chi connectivity index (χ1) is 21.6. The Morgan fingerprint density at radius 3 is 2.47 bits per heavy atom. The summed E-state index contributed by atoms with van der Waals surface area (Å²) >= 11 is 0. The number of aliphatic hydroxyl groups excluding tert-OH is 1. The number of allylic oxidation sites excluding steroid dienone is 13. The molecule has 226 valence electrons. The highest BCUT2D eigenvalue weighted by molar-refractivity contribution is 6.21. The highest BCUT2D eigenvalue weighted by Gasteiger charge is 2.41. The lowest BCUT2D eigenvalue weighted by Gasteiger charge is -2.17. The molecule has 1 fully saturated rings. The Labute approximate surface area is 262 Å². The Kier molecular flexibility index (Phi) is 7.50. The van der Waals surface area contributed by atoms with Crippen LogP contribution in [0.15, 0.2) is 118 Å². The third-order valence-electron chi connectivity index (χ3n) is 9.52. The summed E-state index contributed by atoms with van der Waals surface area (Å²) in [5.41, 5.74) is 12.5. The maximum atomic E-state index is 12.2. The number of rotatable bonds is 5. The van der Waals surface area contributed by atoms with Gasteiger partial charge < -0.3 is 15.2 Å². The molecule has 5 heterocycles. The molecule has 0 radical (unpaired) electrons. The van der Waals surface area contributed by atoms with Gasteiger partial charge in [-0.05, 0) is 80.2 Å². The summed E-state index contributed by atoms with van der Waals surface area (Å²) in [6.07, 6.45) is 9.42. The molecule has 0 amide bonds. The smallest absolute Gasteiger partial charge is 0.305 e. The maximum absolute atomic E-state index is 12.2. The molecule has 2 N–H and O–H groups in total. The van der Waals surface area contributed by atoms with Gasteiger partial charge in [0, 0.05) is 52.8 Å². The molecule has 2 atom stereocenters. The van der Waals surface area contributed by atoms with Gasteiger partial charge in [0.25, 0.3) is 0 Å². The highest BCUT2D eigenvalue weighted by Crippen LogP contribution is 2.46. The number of carbonyl (C=O) groups excluding carboxylic acids is 1. The molecule has 9 heteroatoms. The zero-order chi connectivity index (χ0) is 32.2.